The first-order valence-corrected chi connectivity index (χ1v) is 9.76. The Morgan fingerprint density at radius 2 is 2.00 bits per heavy atom. The number of hydrogen-bond acceptors (Lipinski definition) is 3. The SMILES string of the molecule is CN=C(NCCCOCC1CCOC1)N(C)CC1CCC(C)CC1. The van der Waals surface area contributed by atoms with Gasteiger partial charge in [0.2, 0.25) is 0 Å². The van der Waals surface area contributed by atoms with E-state index in [-0.39, 0.29) is 0 Å². The van der Waals surface area contributed by atoms with Gasteiger partial charge in [-0.1, -0.05) is 19.8 Å². The summed E-state index contributed by atoms with van der Waals surface area (Å²) in [7, 11) is 4.03. The van der Waals surface area contributed by atoms with E-state index in [9.17, 15) is 0 Å². The second kappa shape index (κ2) is 10.9. The van der Waals surface area contributed by atoms with Crippen molar-refractivity contribution in [3.8, 4) is 0 Å². The fraction of sp³-hybridized carbons (Fsp3) is 0.947. The van der Waals surface area contributed by atoms with Gasteiger partial charge in [0.25, 0.3) is 0 Å². The molecule has 24 heavy (non-hydrogen) atoms. The second-order valence-electron chi connectivity index (χ2n) is 7.64. The van der Waals surface area contributed by atoms with E-state index < -0.39 is 0 Å². The average Bonchev–Trinajstić information content (AvgIpc) is 3.09. The summed E-state index contributed by atoms with van der Waals surface area (Å²) in [5, 5.41) is 3.47. The van der Waals surface area contributed by atoms with Crippen LogP contribution in [-0.2, 0) is 9.47 Å². The molecule has 0 aromatic rings. The van der Waals surface area contributed by atoms with Crippen molar-refractivity contribution in [2.75, 3.05) is 53.6 Å². The third-order valence-corrected chi connectivity index (χ3v) is 5.37. The molecular formula is C19H37N3O2. The zero-order valence-electron chi connectivity index (χ0n) is 15.9. The summed E-state index contributed by atoms with van der Waals surface area (Å²) in [5.74, 6) is 3.36. The van der Waals surface area contributed by atoms with Crippen LogP contribution >= 0.6 is 0 Å². The van der Waals surface area contributed by atoms with Crippen LogP contribution in [0.15, 0.2) is 4.99 Å². The normalized spacial score (nSPS) is 28.1. The second-order valence-corrected chi connectivity index (χ2v) is 7.64. The molecule has 0 bridgehead atoms. The summed E-state index contributed by atoms with van der Waals surface area (Å²) in [6.07, 6.45) is 7.65. The standard InChI is InChI=1S/C19H37N3O2/c1-16-5-7-17(8-6-16)13-22(3)19(20-2)21-10-4-11-23-14-18-9-12-24-15-18/h16-18H,4-15H2,1-3H3,(H,20,21). The molecule has 1 aliphatic heterocycles. The van der Waals surface area contributed by atoms with E-state index in [1.165, 1.54) is 25.7 Å². The third kappa shape index (κ3) is 6.98. The van der Waals surface area contributed by atoms with E-state index in [2.05, 4.69) is 29.2 Å². The van der Waals surface area contributed by atoms with Crippen LogP contribution < -0.4 is 5.32 Å². The number of hydrogen-bond donors (Lipinski definition) is 1. The molecule has 1 saturated carbocycles. The minimum atomic E-state index is 0.607. The van der Waals surface area contributed by atoms with Gasteiger partial charge in [-0.15, -0.1) is 0 Å². The first kappa shape index (κ1) is 19.5. The van der Waals surface area contributed by atoms with Gasteiger partial charge in [-0.05, 0) is 37.5 Å². The quantitative estimate of drug-likeness (QED) is 0.420. The largest absolute Gasteiger partial charge is 0.381 e. The third-order valence-electron chi connectivity index (χ3n) is 5.37. The Labute approximate surface area is 148 Å². The molecule has 1 aliphatic carbocycles. The van der Waals surface area contributed by atoms with Gasteiger partial charge in [0, 0.05) is 46.3 Å². The molecular weight excluding hydrogens is 302 g/mol. The van der Waals surface area contributed by atoms with Crippen LogP contribution in [0.5, 0.6) is 0 Å². The molecule has 2 aliphatic rings. The lowest BCUT2D eigenvalue weighted by Gasteiger charge is -2.31. The summed E-state index contributed by atoms with van der Waals surface area (Å²) in [6.45, 7) is 7.83. The smallest absolute Gasteiger partial charge is 0.193 e. The lowest BCUT2D eigenvalue weighted by Crippen LogP contribution is -2.42. The number of nitrogens with zero attached hydrogens (tertiary/aromatic N) is 2. The van der Waals surface area contributed by atoms with Crippen LogP contribution in [0.25, 0.3) is 0 Å². The van der Waals surface area contributed by atoms with Crippen molar-refractivity contribution in [3.63, 3.8) is 0 Å². The number of nitrogens with one attached hydrogen (secondary N) is 1. The first-order chi connectivity index (χ1) is 11.7. The molecule has 0 radical (unpaired) electrons. The highest BCUT2D eigenvalue weighted by molar-refractivity contribution is 5.79. The highest BCUT2D eigenvalue weighted by Gasteiger charge is 2.20. The van der Waals surface area contributed by atoms with Crippen molar-refractivity contribution in [3.05, 3.63) is 0 Å². The Morgan fingerprint density at radius 3 is 2.67 bits per heavy atom. The summed E-state index contributed by atoms with van der Waals surface area (Å²) >= 11 is 0. The maximum atomic E-state index is 5.75. The number of rotatable bonds is 8. The molecule has 1 N–H and O–H groups in total. The van der Waals surface area contributed by atoms with Crippen molar-refractivity contribution in [1.82, 2.24) is 10.2 Å². The predicted molar refractivity (Wildman–Crippen MR) is 99.5 cm³/mol. The minimum absolute atomic E-state index is 0.607. The fourth-order valence-electron chi connectivity index (χ4n) is 3.71. The Kier molecular flexibility index (Phi) is 8.89. The Morgan fingerprint density at radius 1 is 1.21 bits per heavy atom. The summed E-state index contributed by atoms with van der Waals surface area (Å²) in [4.78, 5) is 6.71. The fourth-order valence-corrected chi connectivity index (χ4v) is 3.71. The summed E-state index contributed by atoms with van der Waals surface area (Å²) in [5.41, 5.74) is 0. The zero-order chi connectivity index (χ0) is 17.2. The maximum Gasteiger partial charge on any atom is 0.193 e. The van der Waals surface area contributed by atoms with E-state index in [0.29, 0.717) is 5.92 Å². The van der Waals surface area contributed by atoms with Crippen molar-refractivity contribution < 1.29 is 9.47 Å². The molecule has 1 atom stereocenters. The molecule has 1 saturated heterocycles. The molecule has 5 heteroatoms. The van der Waals surface area contributed by atoms with Gasteiger partial charge < -0.3 is 19.7 Å². The highest BCUT2D eigenvalue weighted by Crippen LogP contribution is 2.28. The van der Waals surface area contributed by atoms with Crippen LogP contribution in [0.2, 0.25) is 0 Å². The molecule has 1 unspecified atom stereocenters. The van der Waals surface area contributed by atoms with Crippen molar-refractivity contribution in [2.45, 2.75) is 45.4 Å². The molecule has 2 fully saturated rings. The molecule has 0 amide bonds. The maximum absolute atomic E-state index is 5.75. The van der Waals surface area contributed by atoms with Crippen LogP contribution in [0, 0.1) is 17.8 Å². The van der Waals surface area contributed by atoms with Gasteiger partial charge in [-0.3, -0.25) is 4.99 Å². The van der Waals surface area contributed by atoms with E-state index in [1.807, 2.05) is 7.05 Å². The van der Waals surface area contributed by atoms with E-state index >= 15 is 0 Å². The Balaban J connectivity index is 1.54. The predicted octanol–water partition coefficient (Wildman–Crippen LogP) is 2.76. The molecule has 0 aromatic carbocycles. The molecule has 5 nitrogen and oxygen atoms in total. The van der Waals surface area contributed by atoms with Crippen LogP contribution in [0.3, 0.4) is 0 Å². The van der Waals surface area contributed by atoms with Gasteiger partial charge >= 0.3 is 0 Å². The highest BCUT2D eigenvalue weighted by atomic mass is 16.5. The van der Waals surface area contributed by atoms with E-state index in [1.54, 1.807) is 0 Å². The van der Waals surface area contributed by atoms with Crippen LogP contribution in [-0.4, -0.2) is 64.5 Å². The Bertz CT molecular complexity index is 362. The minimum Gasteiger partial charge on any atom is -0.381 e. The Hall–Kier alpha value is -0.810. The molecule has 0 aromatic heterocycles. The number of ether oxygens (including phenoxy) is 2. The number of aliphatic imine (C=N–C) groups is 1. The van der Waals surface area contributed by atoms with Gasteiger partial charge in [0.15, 0.2) is 5.96 Å². The van der Waals surface area contributed by atoms with Crippen LogP contribution in [0.1, 0.15) is 45.4 Å². The number of guanidine groups is 1. The monoisotopic (exact) mass is 339 g/mol. The van der Waals surface area contributed by atoms with Crippen molar-refractivity contribution in [2.24, 2.45) is 22.7 Å². The summed E-state index contributed by atoms with van der Waals surface area (Å²) in [6, 6.07) is 0. The van der Waals surface area contributed by atoms with Crippen molar-refractivity contribution >= 4 is 5.96 Å². The van der Waals surface area contributed by atoms with Gasteiger partial charge in [-0.25, -0.2) is 0 Å². The van der Waals surface area contributed by atoms with Gasteiger partial charge in [0.05, 0.1) is 13.2 Å². The lowest BCUT2D eigenvalue weighted by molar-refractivity contribution is 0.0887. The topological polar surface area (TPSA) is 46.1 Å². The molecule has 140 valence electrons. The molecule has 1 heterocycles. The van der Waals surface area contributed by atoms with Gasteiger partial charge in [-0.2, -0.15) is 0 Å². The zero-order valence-corrected chi connectivity index (χ0v) is 15.9. The molecule has 2 rings (SSSR count). The van der Waals surface area contributed by atoms with E-state index in [0.717, 1.165) is 70.2 Å². The average molecular weight is 340 g/mol. The van der Waals surface area contributed by atoms with Crippen LogP contribution in [0.4, 0.5) is 0 Å². The first-order valence-electron chi connectivity index (χ1n) is 9.76. The van der Waals surface area contributed by atoms with E-state index in [4.69, 9.17) is 9.47 Å². The van der Waals surface area contributed by atoms with Crippen molar-refractivity contribution in [1.29, 1.82) is 0 Å². The molecule has 0 spiro atoms. The summed E-state index contributed by atoms with van der Waals surface area (Å²) < 4.78 is 11.1. The van der Waals surface area contributed by atoms with Gasteiger partial charge in [0.1, 0.15) is 0 Å². The lowest BCUT2D eigenvalue weighted by atomic mass is 9.83.